The minimum atomic E-state index is -0.596. The molecule has 142 valence electrons. The predicted molar refractivity (Wildman–Crippen MR) is 112 cm³/mol. The molecule has 1 N–H and O–H groups in total. The van der Waals surface area contributed by atoms with Gasteiger partial charge < -0.3 is 10.1 Å². The standard InChI is InChI=1S/C20H11Cl4NO3/c21-13-4-8-16(23)18(10-13)25-19(26)11-1-5-14(6-2-11)28-20(27)12-3-7-15(22)17(24)9-12/h1-10H,(H,25,26). The Morgan fingerprint density at radius 3 is 2.04 bits per heavy atom. The fourth-order valence-corrected chi connectivity index (χ4v) is 2.89. The normalized spacial score (nSPS) is 10.4. The van der Waals surface area contributed by atoms with Gasteiger partial charge in [-0.1, -0.05) is 46.4 Å². The second-order valence-corrected chi connectivity index (χ2v) is 7.28. The van der Waals surface area contributed by atoms with Crippen molar-refractivity contribution in [2.24, 2.45) is 0 Å². The molecule has 0 saturated carbocycles. The summed E-state index contributed by atoms with van der Waals surface area (Å²) in [6, 6.07) is 15.2. The van der Waals surface area contributed by atoms with E-state index in [0.29, 0.717) is 26.3 Å². The lowest BCUT2D eigenvalue weighted by molar-refractivity contribution is 0.0734. The molecule has 0 spiro atoms. The molecule has 4 nitrogen and oxygen atoms in total. The van der Waals surface area contributed by atoms with Gasteiger partial charge >= 0.3 is 5.97 Å². The Morgan fingerprint density at radius 2 is 1.36 bits per heavy atom. The Hall–Kier alpha value is -2.24. The van der Waals surface area contributed by atoms with Crippen LogP contribution in [-0.2, 0) is 0 Å². The van der Waals surface area contributed by atoms with E-state index in [1.807, 2.05) is 0 Å². The summed E-state index contributed by atoms with van der Waals surface area (Å²) in [6.45, 7) is 0. The van der Waals surface area contributed by atoms with E-state index in [1.54, 1.807) is 18.2 Å². The van der Waals surface area contributed by atoms with E-state index in [-0.39, 0.29) is 22.2 Å². The summed E-state index contributed by atoms with van der Waals surface area (Å²) in [6.07, 6.45) is 0. The van der Waals surface area contributed by atoms with Gasteiger partial charge in [0.2, 0.25) is 0 Å². The van der Waals surface area contributed by atoms with Gasteiger partial charge in [-0.3, -0.25) is 4.79 Å². The van der Waals surface area contributed by atoms with Crippen molar-refractivity contribution in [2.75, 3.05) is 5.32 Å². The maximum absolute atomic E-state index is 12.4. The number of carbonyl (C=O) groups is 2. The number of nitrogens with one attached hydrogen (secondary N) is 1. The first-order valence-corrected chi connectivity index (χ1v) is 9.38. The van der Waals surface area contributed by atoms with Crippen molar-refractivity contribution in [2.45, 2.75) is 0 Å². The molecule has 0 aliphatic carbocycles. The fraction of sp³-hybridized carbons (Fsp3) is 0. The number of amides is 1. The van der Waals surface area contributed by atoms with Crippen molar-refractivity contribution >= 4 is 64.0 Å². The first-order valence-electron chi connectivity index (χ1n) is 7.87. The van der Waals surface area contributed by atoms with Gasteiger partial charge in [-0.05, 0) is 60.7 Å². The van der Waals surface area contributed by atoms with Gasteiger partial charge in [-0.25, -0.2) is 4.79 Å². The molecule has 0 aromatic heterocycles. The minimum Gasteiger partial charge on any atom is -0.423 e. The second-order valence-electron chi connectivity index (χ2n) is 5.62. The molecule has 0 saturated heterocycles. The monoisotopic (exact) mass is 453 g/mol. The van der Waals surface area contributed by atoms with Crippen molar-refractivity contribution in [1.82, 2.24) is 0 Å². The third-order valence-electron chi connectivity index (χ3n) is 3.66. The van der Waals surface area contributed by atoms with Crippen molar-refractivity contribution in [3.05, 3.63) is 91.9 Å². The van der Waals surface area contributed by atoms with E-state index in [1.165, 1.54) is 42.5 Å². The van der Waals surface area contributed by atoms with Gasteiger partial charge in [-0.15, -0.1) is 0 Å². The summed E-state index contributed by atoms with van der Waals surface area (Å²) in [7, 11) is 0. The first kappa shape index (κ1) is 20.5. The van der Waals surface area contributed by atoms with Crippen LogP contribution in [-0.4, -0.2) is 11.9 Å². The summed E-state index contributed by atoms with van der Waals surface area (Å²) in [5.41, 5.74) is 1.01. The molecule has 0 radical (unpaired) electrons. The Balaban J connectivity index is 1.68. The molecule has 3 rings (SSSR count). The maximum atomic E-state index is 12.4. The average Bonchev–Trinajstić information content (AvgIpc) is 2.67. The summed E-state index contributed by atoms with van der Waals surface area (Å²) in [5.74, 6) is -0.707. The quantitative estimate of drug-likeness (QED) is 0.349. The lowest BCUT2D eigenvalue weighted by atomic mass is 10.2. The number of carbonyl (C=O) groups excluding carboxylic acids is 2. The molecule has 0 heterocycles. The number of rotatable bonds is 4. The molecule has 0 unspecified atom stereocenters. The molecule has 0 atom stereocenters. The van der Waals surface area contributed by atoms with Gasteiger partial charge in [0.05, 0.1) is 26.3 Å². The van der Waals surface area contributed by atoms with Crippen LogP contribution in [0.2, 0.25) is 20.1 Å². The zero-order valence-corrected chi connectivity index (χ0v) is 17.0. The highest BCUT2D eigenvalue weighted by atomic mass is 35.5. The number of hydrogen-bond acceptors (Lipinski definition) is 3. The molecule has 3 aromatic carbocycles. The molecule has 0 bridgehead atoms. The molecule has 0 aliphatic rings. The number of ether oxygens (including phenoxy) is 1. The van der Waals surface area contributed by atoms with Crippen LogP contribution in [0.3, 0.4) is 0 Å². The molecular formula is C20H11Cl4NO3. The van der Waals surface area contributed by atoms with Gasteiger partial charge in [0.15, 0.2) is 0 Å². The first-order chi connectivity index (χ1) is 13.3. The summed E-state index contributed by atoms with van der Waals surface area (Å²) < 4.78 is 5.27. The van der Waals surface area contributed by atoms with Crippen LogP contribution >= 0.6 is 46.4 Å². The highest BCUT2D eigenvalue weighted by molar-refractivity contribution is 6.42. The second kappa shape index (κ2) is 8.84. The number of anilines is 1. The third kappa shape index (κ3) is 4.97. The number of benzene rings is 3. The summed E-state index contributed by atoms with van der Waals surface area (Å²) in [5, 5.41) is 4.08. The van der Waals surface area contributed by atoms with E-state index >= 15 is 0 Å². The van der Waals surface area contributed by atoms with Crippen molar-refractivity contribution < 1.29 is 14.3 Å². The van der Waals surface area contributed by atoms with Gasteiger partial charge in [0.25, 0.3) is 5.91 Å². The largest absolute Gasteiger partial charge is 0.423 e. The van der Waals surface area contributed by atoms with Crippen LogP contribution in [0.4, 0.5) is 5.69 Å². The van der Waals surface area contributed by atoms with E-state index in [4.69, 9.17) is 51.1 Å². The number of esters is 1. The van der Waals surface area contributed by atoms with E-state index in [0.717, 1.165) is 0 Å². The van der Waals surface area contributed by atoms with Crippen molar-refractivity contribution in [1.29, 1.82) is 0 Å². The van der Waals surface area contributed by atoms with Crippen molar-refractivity contribution in [3.8, 4) is 5.75 Å². The lowest BCUT2D eigenvalue weighted by Crippen LogP contribution is -2.12. The number of halogens is 4. The molecule has 28 heavy (non-hydrogen) atoms. The summed E-state index contributed by atoms with van der Waals surface area (Å²) >= 11 is 23.7. The lowest BCUT2D eigenvalue weighted by Gasteiger charge is -2.09. The topological polar surface area (TPSA) is 55.4 Å². The van der Waals surface area contributed by atoms with Gasteiger partial charge in [-0.2, -0.15) is 0 Å². The van der Waals surface area contributed by atoms with Crippen LogP contribution in [0.25, 0.3) is 0 Å². The molecule has 0 aliphatic heterocycles. The Bertz CT molecular complexity index is 1050. The van der Waals surface area contributed by atoms with Crippen molar-refractivity contribution in [3.63, 3.8) is 0 Å². The van der Waals surface area contributed by atoms with Crippen LogP contribution in [0, 0.1) is 0 Å². The average molecular weight is 455 g/mol. The third-order valence-corrected chi connectivity index (χ3v) is 4.96. The maximum Gasteiger partial charge on any atom is 0.343 e. The zero-order chi connectivity index (χ0) is 20.3. The zero-order valence-electron chi connectivity index (χ0n) is 14.0. The van der Waals surface area contributed by atoms with E-state index < -0.39 is 5.97 Å². The van der Waals surface area contributed by atoms with Crippen LogP contribution < -0.4 is 10.1 Å². The Labute approximate surface area is 180 Å². The van der Waals surface area contributed by atoms with Crippen LogP contribution in [0.5, 0.6) is 5.75 Å². The van der Waals surface area contributed by atoms with Gasteiger partial charge in [0.1, 0.15) is 5.75 Å². The Kier molecular flexibility index (Phi) is 6.47. The molecule has 8 heteroatoms. The summed E-state index contributed by atoms with van der Waals surface area (Å²) in [4.78, 5) is 24.5. The van der Waals surface area contributed by atoms with Crippen LogP contribution in [0.15, 0.2) is 60.7 Å². The predicted octanol–water partition coefficient (Wildman–Crippen LogP) is 6.77. The SMILES string of the molecule is O=C(Nc1cc(Cl)ccc1Cl)c1ccc(OC(=O)c2ccc(Cl)c(Cl)c2)cc1. The highest BCUT2D eigenvalue weighted by Gasteiger charge is 2.13. The van der Waals surface area contributed by atoms with Crippen LogP contribution in [0.1, 0.15) is 20.7 Å². The smallest absolute Gasteiger partial charge is 0.343 e. The van der Waals surface area contributed by atoms with Gasteiger partial charge in [0, 0.05) is 10.6 Å². The number of hydrogen-bond donors (Lipinski definition) is 1. The highest BCUT2D eigenvalue weighted by Crippen LogP contribution is 2.26. The fourth-order valence-electron chi connectivity index (χ4n) is 2.25. The van der Waals surface area contributed by atoms with E-state index in [2.05, 4.69) is 5.32 Å². The molecule has 3 aromatic rings. The Morgan fingerprint density at radius 1 is 0.714 bits per heavy atom. The van der Waals surface area contributed by atoms with E-state index in [9.17, 15) is 9.59 Å². The molecule has 0 fully saturated rings. The molecular weight excluding hydrogens is 444 g/mol. The minimum absolute atomic E-state index is 0.253. The molecule has 1 amide bonds.